The molecule has 1 aromatic carbocycles. The van der Waals surface area contributed by atoms with Gasteiger partial charge >= 0.3 is 0 Å². The predicted molar refractivity (Wildman–Crippen MR) is 91.9 cm³/mol. The van der Waals surface area contributed by atoms with Crippen LogP contribution in [0.4, 0.5) is 5.69 Å². The van der Waals surface area contributed by atoms with E-state index in [1.807, 2.05) is 19.1 Å². The minimum atomic E-state index is -0.528. The molecule has 2 atom stereocenters. The number of carbonyl (C=O) groups excluding carboxylic acids is 2. The maximum atomic E-state index is 12.9. The van der Waals surface area contributed by atoms with Crippen molar-refractivity contribution in [2.75, 3.05) is 31.5 Å². The highest BCUT2D eigenvalue weighted by Gasteiger charge is 2.50. The van der Waals surface area contributed by atoms with Gasteiger partial charge in [-0.2, -0.15) is 0 Å². The van der Waals surface area contributed by atoms with Gasteiger partial charge in [-0.15, -0.1) is 0 Å². The zero-order valence-corrected chi connectivity index (χ0v) is 14.0. The Morgan fingerprint density at radius 2 is 1.92 bits per heavy atom. The van der Waals surface area contributed by atoms with Gasteiger partial charge in [0.25, 0.3) is 5.91 Å². The monoisotopic (exact) mass is 328 g/mol. The Morgan fingerprint density at radius 3 is 2.71 bits per heavy atom. The van der Waals surface area contributed by atoms with Crippen LogP contribution in [0.3, 0.4) is 0 Å². The largest absolute Gasteiger partial charge is 0.345 e. The van der Waals surface area contributed by atoms with Crippen molar-refractivity contribution in [1.82, 2.24) is 15.5 Å². The summed E-state index contributed by atoms with van der Waals surface area (Å²) < 4.78 is 0. The summed E-state index contributed by atoms with van der Waals surface area (Å²) in [5, 5.41) is 9.51. The smallest absolute Gasteiger partial charge is 0.253 e. The number of fused-ring (bicyclic) bond motifs is 2. The maximum absolute atomic E-state index is 12.9. The van der Waals surface area contributed by atoms with Crippen LogP contribution in [0.5, 0.6) is 0 Å². The highest BCUT2D eigenvalue weighted by atomic mass is 16.2. The summed E-state index contributed by atoms with van der Waals surface area (Å²) in [6.45, 7) is 5.47. The van der Waals surface area contributed by atoms with Crippen molar-refractivity contribution < 1.29 is 9.59 Å². The molecule has 2 saturated heterocycles. The van der Waals surface area contributed by atoms with Crippen LogP contribution in [-0.2, 0) is 4.79 Å². The van der Waals surface area contributed by atoms with Gasteiger partial charge in [0.05, 0.1) is 22.7 Å². The van der Waals surface area contributed by atoms with Gasteiger partial charge in [-0.3, -0.25) is 14.5 Å². The lowest BCUT2D eigenvalue weighted by Crippen LogP contribution is -2.56. The molecule has 6 nitrogen and oxygen atoms in total. The molecule has 0 saturated carbocycles. The predicted octanol–water partition coefficient (Wildman–Crippen LogP) is 0.811. The van der Waals surface area contributed by atoms with E-state index in [1.165, 1.54) is 0 Å². The Hall–Kier alpha value is -1.92. The molecule has 0 aliphatic carbocycles. The molecule has 3 heterocycles. The third-order valence-electron chi connectivity index (χ3n) is 5.69. The standard InChI is InChI=1S/C18H24N4O2/c1-18-11-22(12-6-8-19-9-7-12)10-14(18)17(24)20-15-5-3-2-4-13(15)16(23)21-18/h2-5,12,14,19H,6-11H2,1H3,(H,20,24)(H,21,23)/t14-,18-/m0/s1. The number of likely N-dealkylation sites (tertiary alicyclic amines) is 1. The highest BCUT2D eigenvalue weighted by molar-refractivity contribution is 6.06. The van der Waals surface area contributed by atoms with Crippen molar-refractivity contribution in [3.05, 3.63) is 29.8 Å². The fraction of sp³-hybridized carbons (Fsp3) is 0.556. The molecule has 2 amide bonds. The SMILES string of the molecule is C[C@]12CN(C3CCNCC3)C[C@H]1C(=O)Nc1ccccc1C(=O)N2. The number of amides is 2. The molecule has 0 radical (unpaired) electrons. The third kappa shape index (κ3) is 2.59. The first-order chi connectivity index (χ1) is 11.6. The molecule has 24 heavy (non-hydrogen) atoms. The Balaban J connectivity index is 1.63. The van der Waals surface area contributed by atoms with Crippen LogP contribution in [0, 0.1) is 5.92 Å². The van der Waals surface area contributed by atoms with Crippen LogP contribution < -0.4 is 16.0 Å². The molecule has 4 rings (SSSR count). The van der Waals surface area contributed by atoms with E-state index in [1.54, 1.807) is 12.1 Å². The second kappa shape index (κ2) is 5.86. The summed E-state index contributed by atoms with van der Waals surface area (Å²) in [5.74, 6) is -0.337. The normalized spacial score (nSPS) is 31.5. The quantitative estimate of drug-likeness (QED) is 0.713. The summed E-state index contributed by atoms with van der Waals surface area (Å²) in [6.07, 6.45) is 2.19. The fourth-order valence-corrected chi connectivity index (χ4v) is 4.32. The van der Waals surface area contributed by atoms with Crippen molar-refractivity contribution in [3.63, 3.8) is 0 Å². The number of anilines is 1. The van der Waals surface area contributed by atoms with Crippen LogP contribution in [0.25, 0.3) is 0 Å². The lowest BCUT2D eigenvalue weighted by molar-refractivity contribution is -0.121. The zero-order valence-electron chi connectivity index (χ0n) is 14.0. The molecular weight excluding hydrogens is 304 g/mol. The molecule has 3 N–H and O–H groups in total. The summed E-state index contributed by atoms with van der Waals surface area (Å²) in [7, 11) is 0. The Morgan fingerprint density at radius 1 is 1.17 bits per heavy atom. The zero-order chi connectivity index (χ0) is 16.7. The second-order valence-corrected chi connectivity index (χ2v) is 7.37. The average molecular weight is 328 g/mol. The van der Waals surface area contributed by atoms with Crippen LogP contribution in [0.1, 0.15) is 30.1 Å². The van der Waals surface area contributed by atoms with Gasteiger partial charge in [0.2, 0.25) is 5.91 Å². The molecule has 0 aromatic heterocycles. The first-order valence-corrected chi connectivity index (χ1v) is 8.74. The van der Waals surface area contributed by atoms with Gasteiger partial charge in [0.1, 0.15) is 0 Å². The molecule has 3 aliphatic rings. The van der Waals surface area contributed by atoms with Crippen molar-refractivity contribution >= 4 is 17.5 Å². The molecule has 3 aliphatic heterocycles. The summed E-state index contributed by atoms with van der Waals surface area (Å²) >= 11 is 0. The van der Waals surface area contributed by atoms with Gasteiger partial charge in [-0.1, -0.05) is 12.1 Å². The minimum absolute atomic E-state index is 0.00128. The Labute approximate surface area is 142 Å². The third-order valence-corrected chi connectivity index (χ3v) is 5.69. The van der Waals surface area contributed by atoms with Crippen LogP contribution >= 0.6 is 0 Å². The van der Waals surface area contributed by atoms with Crippen molar-refractivity contribution in [2.45, 2.75) is 31.3 Å². The molecule has 0 bridgehead atoms. The van der Waals surface area contributed by atoms with Gasteiger partial charge in [-0.25, -0.2) is 0 Å². The molecule has 0 spiro atoms. The van der Waals surface area contributed by atoms with Gasteiger partial charge < -0.3 is 16.0 Å². The number of rotatable bonds is 1. The van der Waals surface area contributed by atoms with Gasteiger partial charge in [-0.05, 0) is 45.0 Å². The van der Waals surface area contributed by atoms with E-state index in [-0.39, 0.29) is 17.7 Å². The first kappa shape index (κ1) is 15.6. The van der Waals surface area contributed by atoms with E-state index >= 15 is 0 Å². The Kier molecular flexibility index (Phi) is 3.81. The van der Waals surface area contributed by atoms with E-state index in [9.17, 15) is 9.59 Å². The summed E-state index contributed by atoms with van der Waals surface area (Å²) in [4.78, 5) is 27.9. The molecule has 0 unspecified atom stereocenters. The molecule has 6 heteroatoms. The van der Waals surface area contributed by atoms with Crippen LogP contribution in [0.15, 0.2) is 24.3 Å². The van der Waals surface area contributed by atoms with E-state index in [2.05, 4.69) is 20.9 Å². The van der Waals surface area contributed by atoms with Crippen molar-refractivity contribution in [3.8, 4) is 0 Å². The van der Waals surface area contributed by atoms with E-state index in [0.29, 0.717) is 23.8 Å². The topological polar surface area (TPSA) is 73.5 Å². The van der Waals surface area contributed by atoms with Crippen LogP contribution in [0.2, 0.25) is 0 Å². The van der Waals surface area contributed by atoms with E-state index in [0.717, 1.165) is 32.5 Å². The number of hydrogen-bond acceptors (Lipinski definition) is 4. The Bertz CT molecular complexity index is 671. The molecule has 128 valence electrons. The fourth-order valence-electron chi connectivity index (χ4n) is 4.32. The molecule has 2 fully saturated rings. The van der Waals surface area contributed by atoms with Gasteiger partial charge in [0, 0.05) is 19.1 Å². The number of nitrogens with one attached hydrogen (secondary N) is 3. The lowest BCUT2D eigenvalue weighted by Gasteiger charge is -2.34. The summed E-state index contributed by atoms with van der Waals surface area (Å²) in [6, 6.07) is 7.69. The van der Waals surface area contributed by atoms with Crippen LogP contribution in [-0.4, -0.2) is 54.5 Å². The number of hydrogen-bond donors (Lipinski definition) is 3. The molecular formula is C18H24N4O2. The second-order valence-electron chi connectivity index (χ2n) is 7.37. The number of piperidine rings is 1. The minimum Gasteiger partial charge on any atom is -0.345 e. The first-order valence-electron chi connectivity index (χ1n) is 8.74. The van der Waals surface area contributed by atoms with Crippen molar-refractivity contribution in [1.29, 1.82) is 0 Å². The van der Waals surface area contributed by atoms with E-state index < -0.39 is 5.54 Å². The van der Waals surface area contributed by atoms with E-state index in [4.69, 9.17) is 0 Å². The maximum Gasteiger partial charge on any atom is 0.253 e. The lowest BCUT2D eigenvalue weighted by atomic mass is 9.86. The molecule has 1 aromatic rings. The highest BCUT2D eigenvalue weighted by Crippen LogP contribution is 2.34. The number of para-hydroxylation sites is 1. The average Bonchev–Trinajstić information content (AvgIpc) is 2.92. The number of benzene rings is 1. The van der Waals surface area contributed by atoms with Gasteiger partial charge in [0.15, 0.2) is 0 Å². The number of nitrogens with zero attached hydrogens (tertiary/aromatic N) is 1. The van der Waals surface area contributed by atoms with Crippen molar-refractivity contribution in [2.24, 2.45) is 5.92 Å². The summed E-state index contributed by atoms with van der Waals surface area (Å²) in [5.41, 5.74) is 0.604. The number of carbonyl (C=O) groups is 2.